The summed E-state index contributed by atoms with van der Waals surface area (Å²) in [5.74, 6) is -0.00859. The largest absolute Gasteiger partial charge is 0.494 e. The molecular formula is C22H26N2O5S. The van der Waals surface area contributed by atoms with Crippen LogP contribution in [-0.2, 0) is 28.8 Å². The Labute approximate surface area is 179 Å². The molecule has 8 heteroatoms. The number of rotatable bonds is 6. The number of alkyl carbamates (subject to hydrolysis) is 1. The predicted octanol–water partition coefficient (Wildman–Crippen LogP) is 4.09. The number of carbonyl (C=O) groups is 3. The number of thiophene rings is 1. The molecule has 160 valence electrons. The van der Waals surface area contributed by atoms with Gasteiger partial charge in [-0.2, -0.15) is 0 Å². The minimum Gasteiger partial charge on any atom is -0.494 e. The van der Waals surface area contributed by atoms with E-state index in [0.29, 0.717) is 17.2 Å². The number of ether oxygens (including phenoxy) is 2. The van der Waals surface area contributed by atoms with Gasteiger partial charge in [0.15, 0.2) is 0 Å². The Morgan fingerprint density at radius 2 is 1.80 bits per heavy atom. The van der Waals surface area contributed by atoms with Crippen molar-refractivity contribution in [3.05, 3.63) is 45.8 Å². The molecule has 1 aromatic carbocycles. The molecule has 0 unspecified atom stereocenters. The van der Waals surface area contributed by atoms with E-state index in [0.717, 1.165) is 53.9 Å². The lowest BCUT2D eigenvalue weighted by Gasteiger charge is -2.09. The van der Waals surface area contributed by atoms with E-state index in [1.165, 1.54) is 18.4 Å². The summed E-state index contributed by atoms with van der Waals surface area (Å²) in [6.45, 7) is 2.50. The normalized spacial score (nSPS) is 13.0. The Kier molecular flexibility index (Phi) is 7.46. The lowest BCUT2D eigenvalue weighted by atomic mass is 10.0. The Hall–Kier alpha value is -2.87. The van der Waals surface area contributed by atoms with E-state index >= 15 is 0 Å². The number of imide groups is 1. The molecule has 3 amide bonds. The van der Waals surface area contributed by atoms with E-state index in [-0.39, 0.29) is 12.3 Å². The number of amides is 3. The van der Waals surface area contributed by atoms with Crippen LogP contribution in [-0.4, -0.2) is 31.6 Å². The third kappa shape index (κ3) is 5.38. The van der Waals surface area contributed by atoms with Crippen molar-refractivity contribution in [1.82, 2.24) is 5.32 Å². The predicted molar refractivity (Wildman–Crippen MR) is 115 cm³/mol. The summed E-state index contributed by atoms with van der Waals surface area (Å²) in [6, 6.07) is 7.35. The van der Waals surface area contributed by atoms with Crippen LogP contribution in [0.3, 0.4) is 0 Å². The van der Waals surface area contributed by atoms with Gasteiger partial charge in [-0.05, 0) is 55.9 Å². The fourth-order valence-electron chi connectivity index (χ4n) is 3.50. The molecule has 3 rings (SSSR count). The third-order valence-corrected chi connectivity index (χ3v) is 6.11. The molecular weight excluding hydrogens is 404 g/mol. The maximum Gasteiger partial charge on any atom is 0.413 e. The summed E-state index contributed by atoms with van der Waals surface area (Å²) in [7, 11) is 1.20. The van der Waals surface area contributed by atoms with E-state index in [1.54, 1.807) is 0 Å². The van der Waals surface area contributed by atoms with Crippen LogP contribution < -0.4 is 15.4 Å². The van der Waals surface area contributed by atoms with Crippen LogP contribution in [0, 0.1) is 0 Å². The van der Waals surface area contributed by atoms with Crippen molar-refractivity contribution in [2.45, 2.75) is 45.4 Å². The molecule has 1 aliphatic rings. The van der Waals surface area contributed by atoms with Gasteiger partial charge in [-0.3, -0.25) is 14.9 Å². The Morgan fingerprint density at radius 1 is 1.07 bits per heavy atom. The first-order valence-electron chi connectivity index (χ1n) is 10.1. The highest BCUT2D eigenvalue weighted by molar-refractivity contribution is 7.17. The number of fused-ring (bicyclic) bond motifs is 1. The Bertz CT molecular complexity index is 920. The van der Waals surface area contributed by atoms with E-state index < -0.39 is 12.0 Å². The second-order valence-electron chi connectivity index (χ2n) is 7.02. The van der Waals surface area contributed by atoms with E-state index in [1.807, 2.05) is 31.2 Å². The second-order valence-corrected chi connectivity index (χ2v) is 8.12. The first-order valence-corrected chi connectivity index (χ1v) is 10.9. The van der Waals surface area contributed by atoms with Gasteiger partial charge in [0.25, 0.3) is 5.91 Å². The molecule has 1 aromatic heterocycles. The quantitative estimate of drug-likeness (QED) is 0.673. The summed E-state index contributed by atoms with van der Waals surface area (Å²) in [6.07, 6.45) is 4.09. The van der Waals surface area contributed by atoms with Crippen LogP contribution in [0.25, 0.3) is 0 Å². The number of hydrogen-bond donors (Lipinski definition) is 2. The zero-order valence-corrected chi connectivity index (χ0v) is 18.0. The summed E-state index contributed by atoms with van der Waals surface area (Å²) in [5, 5.41) is 5.59. The number of carbonyl (C=O) groups excluding carboxylic acids is 3. The van der Waals surface area contributed by atoms with Gasteiger partial charge >= 0.3 is 6.09 Å². The molecule has 2 aromatic rings. The molecule has 0 spiro atoms. The van der Waals surface area contributed by atoms with Crippen LogP contribution in [0.4, 0.5) is 9.80 Å². The number of nitrogens with one attached hydrogen (secondary N) is 2. The molecule has 1 heterocycles. The van der Waals surface area contributed by atoms with Crippen molar-refractivity contribution in [3.8, 4) is 5.75 Å². The fraction of sp³-hybridized carbons (Fsp3) is 0.409. The van der Waals surface area contributed by atoms with Gasteiger partial charge in [0.2, 0.25) is 5.91 Å². The topological polar surface area (TPSA) is 93.7 Å². The van der Waals surface area contributed by atoms with Gasteiger partial charge in [0, 0.05) is 4.88 Å². The molecule has 1 aliphatic carbocycles. The average Bonchev–Trinajstić information content (AvgIpc) is 2.89. The average molecular weight is 431 g/mol. The Balaban J connectivity index is 1.79. The van der Waals surface area contributed by atoms with E-state index in [2.05, 4.69) is 15.4 Å². The summed E-state index contributed by atoms with van der Waals surface area (Å²) >= 11 is 1.42. The van der Waals surface area contributed by atoms with Gasteiger partial charge in [-0.15, -0.1) is 11.3 Å². The number of anilines is 1. The first kappa shape index (κ1) is 21.8. The maximum absolute atomic E-state index is 12.7. The molecule has 2 N–H and O–H groups in total. The van der Waals surface area contributed by atoms with Crippen molar-refractivity contribution in [2.75, 3.05) is 19.0 Å². The molecule has 30 heavy (non-hydrogen) atoms. The molecule has 0 radical (unpaired) electrons. The lowest BCUT2D eigenvalue weighted by Crippen LogP contribution is -2.31. The van der Waals surface area contributed by atoms with Crippen molar-refractivity contribution >= 4 is 34.2 Å². The van der Waals surface area contributed by atoms with Crippen molar-refractivity contribution in [1.29, 1.82) is 0 Å². The van der Waals surface area contributed by atoms with Crippen molar-refractivity contribution in [2.24, 2.45) is 0 Å². The van der Waals surface area contributed by atoms with Gasteiger partial charge < -0.3 is 14.8 Å². The second kappa shape index (κ2) is 10.2. The minimum atomic E-state index is -0.819. The summed E-state index contributed by atoms with van der Waals surface area (Å²) < 4.78 is 9.97. The van der Waals surface area contributed by atoms with E-state index in [9.17, 15) is 14.4 Å². The smallest absolute Gasteiger partial charge is 0.413 e. The number of benzene rings is 1. The highest BCUT2D eigenvalue weighted by Crippen LogP contribution is 2.37. The first-order chi connectivity index (χ1) is 14.5. The van der Waals surface area contributed by atoms with Gasteiger partial charge in [-0.25, -0.2) is 4.79 Å². The van der Waals surface area contributed by atoms with Gasteiger partial charge in [0.1, 0.15) is 10.8 Å². The molecule has 0 saturated carbocycles. The van der Waals surface area contributed by atoms with E-state index in [4.69, 9.17) is 4.74 Å². The van der Waals surface area contributed by atoms with Crippen LogP contribution in [0.5, 0.6) is 5.75 Å². The number of aryl methyl sites for hydroxylation is 1. The van der Waals surface area contributed by atoms with Crippen molar-refractivity contribution in [3.63, 3.8) is 0 Å². The maximum atomic E-state index is 12.7. The third-order valence-electron chi connectivity index (χ3n) is 4.90. The lowest BCUT2D eigenvalue weighted by molar-refractivity contribution is -0.115. The molecule has 0 fully saturated rings. The molecule has 0 saturated heterocycles. The minimum absolute atomic E-state index is 0.174. The highest BCUT2D eigenvalue weighted by atomic mass is 32.1. The van der Waals surface area contributed by atoms with Crippen LogP contribution >= 0.6 is 11.3 Å². The summed E-state index contributed by atoms with van der Waals surface area (Å²) in [4.78, 5) is 38.1. The number of hydrogen-bond acceptors (Lipinski definition) is 6. The molecule has 7 nitrogen and oxygen atoms in total. The van der Waals surface area contributed by atoms with Gasteiger partial charge in [-0.1, -0.05) is 18.6 Å². The zero-order valence-electron chi connectivity index (χ0n) is 17.2. The van der Waals surface area contributed by atoms with Crippen LogP contribution in [0.15, 0.2) is 24.3 Å². The number of methoxy groups -OCH3 is 1. The standard InChI is InChI=1S/C22H26N2O5S/c1-3-29-15-11-9-14(10-12-15)13-18(25)23-21-19(20(26)24-22(27)28-2)16-7-5-4-6-8-17(16)30-21/h9-12H,3-8,13H2,1-2H3,(H,23,25)(H,24,26,27). The molecule has 0 bridgehead atoms. The fourth-order valence-corrected chi connectivity index (χ4v) is 4.81. The van der Waals surface area contributed by atoms with Crippen molar-refractivity contribution < 1.29 is 23.9 Å². The Morgan fingerprint density at radius 3 is 2.50 bits per heavy atom. The van der Waals surface area contributed by atoms with Crippen LogP contribution in [0.2, 0.25) is 0 Å². The highest BCUT2D eigenvalue weighted by Gasteiger charge is 2.26. The SMILES string of the molecule is CCOc1ccc(CC(=O)Nc2sc3c(c2C(=O)NC(=O)OC)CCCCC3)cc1. The molecule has 0 atom stereocenters. The monoisotopic (exact) mass is 430 g/mol. The van der Waals surface area contributed by atoms with Crippen LogP contribution in [0.1, 0.15) is 52.5 Å². The van der Waals surface area contributed by atoms with Gasteiger partial charge in [0.05, 0.1) is 25.7 Å². The zero-order chi connectivity index (χ0) is 21.5. The summed E-state index contributed by atoms with van der Waals surface area (Å²) in [5.41, 5.74) is 2.15. The molecule has 0 aliphatic heterocycles.